The summed E-state index contributed by atoms with van der Waals surface area (Å²) >= 11 is 0. The molecule has 1 aromatic rings. The van der Waals surface area contributed by atoms with Gasteiger partial charge in [0.25, 0.3) is 0 Å². The molecule has 0 radical (unpaired) electrons. The summed E-state index contributed by atoms with van der Waals surface area (Å²) in [6.07, 6.45) is 7.88. The second kappa shape index (κ2) is 5.74. The third-order valence-electron chi connectivity index (χ3n) is 7.78. The molecular weight excluding hydrogens is 300 g/mol. The van der Waals surface area contributed by atoms with Crippen LogP contribution in [0, 0.1) is 17.3 Å². The lowest BCUT2D eigenvalue weighted by atomic mass is 9.53. The molecule has 0 spiro atoms. The summed E-state index contributed by atoms with van der Waals surface area (Å²) in [5, 5.41) is 30.3. The Morgan fingerprint density at radius 3 is 2.79 bits per heavy atom. The molecule has 3 aliphatic carbocycles. The topological polar surface area (TPSA) is 60.7 Å². The zero-order chi connectivity index (χ0) is 16.9. The number of aliphatic hydroxyl groups excluding tert-OH is 1. The number of hydrogen-bond donors (Lipinski definition) is 3. The van der Waals surface area contributed by atoms with E-state index in [0.717, 1.165) is 38.5 Å². The zero-order valence-electron chi connectivity index (χ0n) is 14.7. The molecule has 0 saturated heterocycles. The highest BCUT2D eigenvalue weighted by Gasteiger charge is 2.60. The average molecular weight is 330 g/mol. The summed E-state index contributed by atoms with van der Waals surface area (Å²) in [5.74, 6) is 2.21. The van der Waals surface area contributed by atoms with Crippen LogP contribution in [0.1, 0.15) is 68.9 Å². The molecule has 1 aromatic carbocycles. The van der Waals surface area contributed by atoms with E-state index in [1.807, 2.05) is 12.1 Å². The Hall–Kier alpha value is -1.06. The summed E-state index contributed by atoms with van der Waals surface area (Å²) in [6, 6.07) is 5.92. The number of phenols is 1. The lowest BCUT2D eigenvalue weighted by Gasteiger charge is -2.53. The monoisotopic (exact) mass is 330 g/mol. The number of phenolic OH excluding ortho intramolecular Hbond substituents is 1. The molecular formula is C21H30O3. The molecule has 24 heavy (non-hydrogen) atoms. The highest BCUT2D eigenvalue weighted by atomic mass is 16.3. The lowest BCUT2D eigenvalue weighted by Crippen LogP contribution is -2.50. The van der Waals surface area contributed by atoms with Crippen molar-refractivity contribution in [1.29, 1.82) is 0 Å². The fourth-order valence-corrected chi connectivity index (χ4v) is 6.46. The quantitative estimate of drug-likeness (QED) is 0.791. The first kappa shape index (κ1) is 16.4. The van der Waals surface area contributed by atoms with Crippen LogP contribution in [-0.2, 0) is 6.42 Å². The molecule has 4 rings (SSSR count). The van der Waals surface area contributed by atoms with Crippen LogP contribution in [0.5, 0.6) is 5.75 Å². The van der Waals surface area contributed by atoms with Gasteiger partial charge in [-0.2, -0.15) is 0 Å². The fraction of sp³-hybridized carbons (Fsp3) is 0.714. The summed E-state index contributed by atoms with van der Waals surface area (Å²) in [7, 11) is 0. The molecule has 2 saturated carbocycles. The van der Waals surface area contributed by atoms with Crippen molar-refractivity contribution in [1.82, 2.24) is 0 Å². The van der Waals surface area contributed by atoms with Crippen LogP contribution in [0.25, 0.3) is 0 Å². The van der Waals surface area contributed by atoms with E-state index < -0.39 is 5.60 Å². The van der Waals surface area contributed by atoms with Gasteiger partial charge in [-0.05, 0) is 97.8 Å². The van der Waals surface area contributed by atoms with Gasteiger partial charge >= 0.3 is 0 Å². The van der Waals surface area contributed by atoms with Crippen molar-refractivity contribution in [3.8, 4) is 5.75 Å². The summed E-state index contributed by atoms with van der Waals surface area (Å²) in [4.78, 5) is 0. The molecule has 2 fully saturated rings. The predicted molar refractivity (Wildman–Crippen MR) is 94.0 cm³/mol. The maximum absolute atomic E-state index is 11.4. The number of benzene rings is 1. The number of rotatable bonds is 3. The van der Waals surface area contributed by atoms with E-state index in [2.05, 4.69) is 13.0 Å². The second-order valence-corrected chi connectivity index (χ2v) is 8.65. The Morgan fingerprint density at radius 1 is 1.17 bits per heavy atom. The number of aromatic hydroxyl groups is 1. The van der Waals surface area contributed by atoms with Crippen LogP contribution < -0.4 is 0 Å². The van der Waals surface area contributed by atoms with Crippen molar-refractivity contribution in [2.24, 2.45) is 17.3 Å². The largest absolute Gasteiger partial charge is 0.508 e. The third-order valence-corrected chi connectivity index (χ3v) is 7.78. The van der Waals surface area contributed by atoms with Gasteiger partial charge < -0.3 is 15.3 Å². The minimum atomic E-state index is -0.597. The number of aryl methyl sites for hydroxylation is 1. The Bertz CT molecular complexity index is 628. The van der Waals surface area contributed by atoms with Gasteiger partial charge in [-0.15, -0.1) is 0 Å². The molecule has 3 nitrogen and oxygen atoms in total. The summed E-state index contributed by atoms with van der Waals surface area (Å²) in [5.41, 5.74) is 2.17. The van der Waals surface area contributed by atoms with Gasteiger partial charge in [-0.1, -0.05) is 13.0 Å². The van der Waals surface area contributed by atoms with E-state index >= 15 is 0 Å². The Labute approximate surface area is 144 Å². The van der Waals surface area contributed by atoms with Crippen molar-refractivity contribution in [2.45, 2.75) is 69.8 Å². The first-order valence-corrected chi connectivity index (χ1v) is 9.63. The maximum Gasteiger partial charge on any atom is 0.115 e. The van der Waals surface area contributed by atoms with Gasteiger partial charge in [0.15, 0.2) is 0 Å². The standard InChI is InChI=1S/C21H30O3/c1-20-10-7-17-16-6-4-15(23)13-14(16)3-5-18(17)19(20)8-11-21(20,24)9-2-12-22/h4,6,13,17-19,22-24H,2-3,5,7-12H2,1H3/t17-,18-,19+,20+,21-/m1/s1. The van der Waals surface area contributed by atoms with E-state index in [1.54, 1.807) is 0 Å². The Kier molecular flexibility index (Phi) is 3.92. The van der Waals surface area contributed by atoms with Gasteiger partial charge in [0.05, 0.1) is 5.60 Å². The molecule has 3 heteroatoms. The molecule has 0 aromatic heterocycles. The van der Waals surface area contributed by atoms with Crippen LogP contribution >= 0.6 is 0 Å². The van der Waals surface area contributed by atoms with Gasteiger partial charge in [0, 0.05) is 6.61 Å². The molecule has 132 valence electrons. The highest BCUT2D eigenvalue weighted by Crippen LogP contribution is 2.65. The van der Waals surface area contributed by atoms with E-state index in [-0.39, 0.29) is 12.0 Å². The average Bonchev–Trinajstić information content (AvgIpc) is 2.84. The second-order valence-electron chi connectivity index (χ2n) is 8.65. The molecule has 0 unspecified atom stereocenters. The predicted octanol–water partition coefficient (Wildman–Crippen LogP) is 3.75. The van der Waals surface area contributed by atoms with Crippen molar-refractivity contribution in [3.05, 3.63) is 29.3 Å². The fourth-order valence-electron chi connectivity index (χ4n) is 6.46. The van der Waals surface area contributed by atoms with Crippen molar-refractivity contribution in [3.63, 3.8) is 0 Å². The Balaban J connectivity index is 1.63. The molecule has 0 aliphatic heterocycles. The molecule has 0 amide bonds. The van der Waals surface area contributed by atoms with Crippen LogP contribution in [-0.4, -0.2) is 27.5 Å². The lowest BCUT2D eigenvalue weighted by molar-refractivity contribution is -0.109. The van der Waals surface area contributed by atoms with Crippen LogP contribution in [0.2, 0.25) is 0 Å². The summed E-state index contributed by atoms with van der Waals surface area (Å²) < 4.78 is 0. The van der Waals surface area contributed by atoms with Crippen molar-refractivity contribution >= 4 is 0 Å². The van der Waals surface area contributed by atoms with Crippen LogP contribution in [0.15, 0.2) is 18.2 Å². The van der Waals surface area contributed by atoms with Gasteiger partial charge in [-0.25, -0.2) is 0 Å². The first-order chi connectivity index (χ1) is 11.5. The van der Waals surface area contributed by atoms with E-state index in [0.29, 0.717) is 29.9 Å². The summed E-state index contributed by atoms with van der Waals surface area (Å²) in [6.45, 7) is 2.48. The zero-order valence-corrected chi connectivity index (χ0v) is 14.7. The smallest absolute Gasteiger partial charge is 0.115 e. The molecule has 0 heterocycles. The van der Waals surface area contributed by atoms with Gasteiger partial charge in [0.2, 0.25) is 0 Å². The van der Waals surface area contributed by atoms with Crippen molar-refractivity contribution < 1.29 is 15.3 Å². The van der Waals surface area contributed by atoms with Crippen molar-refractivity contribution in [2.75, 3.05) is 6.61 Å². The first-order valence-electron chi connectivity index (χ1n) is 9.63. The SMILES string of the molecule is C[C@]12CC[C@@H]3c4ccc(O)cc4CC[C@H]3[C@@H]1CC[C@]2(O)CCCO. The highest BCUT2D eigenvalue weighted by molar-refractivity contribution is 5.40. The molecule has 0 bridgehead atoms. The van der Waals surface area contributed by atoms with Crippen LogP contribution in [0.4, 0.5) is 0 Å². The number of fused-ring (bicyclic) bond motifs is 5. The Morgan fingerprint density at radius 2 is 2.00 bits per heavy atom. The van der Waals surface area contributed by atoms with E-state index in [1.165, 1.54) is 17.5 Å². The van der Waals surface area contributed by atoms with E-state index in [4.69, 9.17) is 0 Å². The maximum atomic E-state index is 11.4. The third kappa shape index (κ3) is 2.24. The molecule has 5 atom stereocenters. The normalized spacial score (nSPS) is 40.7. The van der Waals surface area contributed by atoms with E-state index in [9.17, 15) is 15.3 Å². The van der Waals surface area contributed by atoms with Gasteiger partial charge in [-0.3, -0.25) is 0 Å². The number of aliphatic hydroxyl groups is 2. The number of hydrogen-bond acceptors (Lipinski definition) is 3. The minimum absolute atomic E-state index is 0.00222. The minimum Gasteiger partial charge on any atom is -0.508 e. The molecule has 3 aliphatic rings. The molecule has 3 N–H and O–H groups in total. The van der Waals surface area contributed by atoms with Gasteiger partial charge in [0.1, 0.15) is 5.75 Å². The van der Waals surface area contributed by atoms with Crippen LogP contribution in [0.3, 0.4) is 0 Å².